The van der Waals surface area contributed by atoms with Crippen LogP contribution in [0.1, 0.15) is 47.8 Å². The molecule has 156 valence electrons. The lowest BCUT2D eigenvalue weighted by Gasteiger charge is -2.11. The van der Waals surface area contributed by atoms with Crippen molar-refractivity contribution >= 4 is 29.0 Å². The molecule has 2 aliphatic carbocycles. The fourth-order valence-electron chi connectivity index (χ4n) is 4.49. The Kier molecular flexibility index (Phi) is 5.53. The zero-order valence-electron chi connectivity index (χ0n) is 16.9. The van der Waals surface area contributed by atoms with E-state index in [2.05, 4.69) is 26.1 Å². The molecule has 0 spiro atoms. The van der Waals surface area contributed by atoms with Gasteiger partial charge in [0.25, 0.3) is 0 Å². The minimum atomic E-state index is -0.451. The third-order valence-corrected chi connectivity index (χ3v) is 7.50. The standard InChI is InChI=1S/C22H26ClNO4S/c1-12-18-14(10-15-19(18)22(15,2)3)20(29-12)28-21(26)24-11-13-5-6-17(16(23)9-13)27-8-4-7-25/h5-6,9,15,19,25H,4,7-8,10-11H2,1-3H3,(H,24,26)/t15-,19-/m1/s1. The fraction of sp³-hybridized carbons (Fsp3) is 0.500. The maximum Gasteiger partial charge on any atom is 0.413 e. The van der Waals surface area contributed by atoms with E-state index in [1.165, 1.54) is 16.0 Å². The molecular formula is C22H26ClNO4S. The predicted octanol–water partition coefficient (Wildman–Crippen LogP) is 5.06. The number of benzene rings is 1. The summed E-state index contributed by atoms with van der Waals surface area (Å²) in [6.45, 7) is 7.57. The first-order valence-electron chi connectivity index (χ1n) is 9.92. The van der Waals surface area contributed by atoms with Gasteiger partial charge < -0.3 is 19.9 Å². The zero-order valence-corrected chi connectivity index (χ0v) is 18.5. The second-order valence-corrected chi connectivity index (χ2v) is 9.98. The number of fused-ring (bicyclic) bond motifs is 3. The van der Waals surface area contributed by atoms with Crippen molar-refractivity contribution in [2.24, 2.45) is 11.3 Å². The molecule has 1 aromatic heterocycles. The number of nitrogens with one attached hydrogen (secondary N) is 1. The molecule has 1 aromatic carbocycles. The van der Waals surface area contributed by atoms with Crippen LogP contribution < -0.4 is 14.8 Å². The summed E-state index contributed by atoms with van der Waals surface area (Å²) in [6.07, 6.45) is 1.11. The SMILES string of the molecule is Cc1sc(OC(=O)NCc2ccc(OCCCO)c(Cl)c2)c2c1[C@H]1[C@@H](C2)C1(C)C. The van der Waals surface area contributed by atoms with Crippen LogP contribution in [0, 0.1) is 18.3 Å². The van der Waals surface area contributed by atoms with Crippen molar-refractivity contribution in [3.8, 4) is 10.8 Å². The van der Waals surface area contributed by atoms with Gasteiger partial charge in [0, 0.05) is 30.0 Å². The largest absolute Gasteiger partial charge is 0.492 e. The molecule has 0 unspecified atom stereocenters. The maximum atomic E-state index is 12.3. The monoisotopic (exact) mass is 435 g/mol. The second kappa shape index (κ2) is 7.82. The summed E-state index contributed by atoms with van der Waals surface area (Å²) in [5.41, 5.74) is 3.88. The number of carbonyl (C=O) groups is 1. The number of amides is 1. The Hall–Kier alpha value is -1.76. The van der Waals surface area contributed by atoms with Crippen molar-refractivity contribution in [1.82, 2.24) is 5.32 Å². The van der Waals surface area contributed by atoms with Crippen molar-refractivity contribution in [1.29, 1.82) is 0 Å². The summed E-state index contributed by atoms with van der Waals surface area (Å²) in [4.78, 5) is 13.6. The van der Waals surface area contributed by atoms with Gasteiger partial charge >= 0.3 is 6.09 Å². The van der Waals surface area contributed by atoms with Crippen molar-refractivity contribution in [3.05, 3.63) is 44.8 Å². The lowest BCUT2D eigenvalue weighted by molar-refractivity contribution is 0.201. The number of thiophene rings is 1. The smallest absolute Gasteiger partial charge is 0.413 e. The minimum absolute atomic E-state index is 0.0772. The molecule has 2 N–H and O–H groups in total. The Bertz CT molecular complexity index is 939. The van der Waals surface area contributed by atoms with Crippen LogP contribution in [0.4, 0.5) is 4.79 Å². The van der Waals surface area contributed by atoms with Gasteiger partial charge in [0.05, 0.1) is 11.6 Å². The normalized spacial score (nSPS) is 20.7. The Morgan fingerprint density at radius 3 is 2.93 bits per heavy atom. The van der Waals surface area contributed by atoms with E-state index in [1.807, 2.05) is 6.07 Å². The van der Waals surface area contributed by atoms with Gasteiger partial charge in [0.15, 0.2) is 5.06 Å². The van der Waals surface area contributed by atoms with Gasteiger partial charge in [-0.05, 0) is 53.9 Å². The van der Waals surface area contributed by atoms with Gasteiger partial charge in [-0.3, -0.25) is 0 Å². The average Bonchev–Trinajstić information content (AvgIpc) is 3.00. The van der Waals surface area contributed by atoms with Gasteiger partial charge in [-0.15, -0.1) is 11.3 Å². The number of ether oxygens (including phenoxy) is 2. The molecule has 2 aliphatic rings. The molecule has 1 fully saturated rings. The van der Waals surface area contributed by atoms with Gasteiger partial charge in [0.2, 0.25) is 0 Å². The topological polar surface area (TPSA) is 67.8 Å². The van der Waals surface area contributed by atoms with Gasteiger partial charge in [0.1, 0.15) is 5.75 Å². The van der Waals surface area contributed by atoms with Gasteiger partial charge in [-0.25, -0.2) is 4.79 Å². The average molecular weight is 436 g/mol. The van der Waals surface area contributed by atoms with E-state index in [1.54, 1.807) is 23.5 Å². The van der Waals surface area contributed by atoms with Crippen LogP contribution in [0.3, 0.4) is 0 Å². The molecule has 0 radical (unpaired) electrons. The lowest BCUT2D eigenvalue weighted by atomic mass is 9.96. The van der Waals surface area contributed by atoms with Crippen molar-refractivity contribution in [2.75, 3.05) is 13.2 Å². The molecule has 29 heavy (non-hydrogen) atoms. The highest BCUT2D eigenvalue weighted by Crippen LogP contribution is 2.72. The third-order valence-electron chi connectivity index (χ3n) is 6.16. The third kappa shape index (κ3) is 3.86. The van der Waals surface area contributed by atoms with E-state index in [0.717, 1.165) is 17.0 Å². The molecule has 1 saturated carbocycles. The Morgan fingerprint density at radius 1 is 1.41 bits per heavy atom. The van der Waals surface area contributed by atoms with Crippen molar-refractivity contribution in [2.45, 2.75) is 46.1 Å². The van der Waals surface area contributed by atoms with E-state index in [0.29, 0.717) is 47.6 Å². The number of halogens is 1. The van der Waals surface area contributed by atoms with E-state index < -0.39 is 6.09 Å². The number of hydrogen-bond donors (Lipinski definition) is 2. The molecule has 5 nitrogen and oxygen atoms in total. The molecular weight excluding hydrogens is 410 g/mol. The lowest BCUT2D eigenvalue weighted by Crippen LogP contribution is -2.26. The van der Waals surface area contributed by atoms with Crippen molar-refractivity contribution in [3.63, 3.8) is 0 Å². The van der Waals surface area contributed by atoms with Crippen LogP contribution in [0.25, 0.3) is 0 Å². The van der Waals surface area contributed by atoms with Gasteiger partial charge in [-0.1, -0.05) is 31.5 Å². The second-order valence-electron chi connectivity index (χ2n) is 8.38. The van der Waals surface area contributed by atoms with Crippen LogP contribution in [-0.4, -0.2) is 24.4 Å². The van der Waals surface area contributed by atoms with Crippen LogP contribution >= 0.6 is 22.9 Å². The van der Waals surface area contributed by atoms with Crippen LogP contribution in [0.2, 0.25) is 5.02 Å². The number of aryl methyl sites for hydroxylation is 1. The van der Waals surface area contributed by atoms with E-state index in [9.17, 15) is 4.79 Å². The number of aliphatic hydroxyl groups is 1. The van der Waals surface area contributed by atoms with Crippen molar-refractivity contribution < 1.29 is 19.4 Å². The summed E-state index contributed by atoms with van der Waals surface area (Å²) in [5.74, 6) is 1.87. The quantitative estimate of drug-likeness (QED) is 0.597. The summed E-state index contributed by atoms with van der Waals surface area (Å²) >= 11 is 7.80. The molecule has 2 aromatic rings. The molecule has 0 saturated heterocycles. The minimum Gasteiger partial charge on any atom is -0.492 e. The molecule has 0 aliphatic heterocycles. The van der Waals surface area contributed by atoms with Crippen LogP contribution in [0.5, 0.6) is 10.8 Å². The van der Waals surface area contributed by atoms with E-state index in [4.69, 9.17) is 26.2 Å². The first-order valence-corrected chi connectivity index (χ1v) is 11.1. The highest BCUT2D eigenvalue weighted by molar-refractivity contribution is 7.14. The predicted molar refractivity (Wildman–Crippen MR) is 114 cm³/mol. The summed E-state index contributed by atoms with van der Waals surface area (Å²) in [5, 5.41) is 12.8. The first kappa shape index (κ1) is 20.5. The molecule has 2 atom stereocenters. The number of rotatable bonds is 7. The fourth-order valence-corrected chi connectivity index (χ4v) is 5.82. The highest BCUT2D eigenvalue weighted by Gasteiger charge is 2.63. The Morgan fingerprint density at radius 2 is 2.21 bits per heavy atom. The first-order chi connectivity index (χ1) is 13.8. The molecule has 7 heteroatoms. The van der Waals surface area contributed by atoms with Crippen LogP contribution in [-0.2, 0) is 13.0 Å². The maximum absolute atomic E-state index is 12.3. The number of carbonyl (C=O) groups excluding carboxylic acids is 1. The summed E-state index contributed by atoms with van der Waals surface area (Å²) in [7, 11) is 0. The molecule has 0 bridgehead atoms. The van der Waals surface area contributed by atoms with E-state index in [-0.39, 0.29) is 6.61 Å². The van der Waals surface area contributed by atoms with Crippen LogP contribution in [0.15, 0.2) is 18.2 Å². The highest BCUT2D eigenvalue weighted by atomic mass is 35.5. The molecule has 1 heterocycles. The molecule has 4 rings (SSSR count). The summed E-state index contributed by atoms with van der Waals surface area (Å²) < 4.78 is 11.1. The van der Waals surface area contributed by atoms with E-state index >= 15 is 0 Å². The number of aliphatic hydroxyl groups excluding tert-OH is 1. The summed E-state index contributed by atoms with van der Waals surface area (Å²) in [6, 6.07) is 5.38. The zero-order chi connectivity index (χ0) is 20.8. The number of hydrogen-bond acceptors (Lipinski definition) is 5. The van der Waals surface area contributed by atoms with Gasteiger partial charge in [-0.2, -0.15) is 0 Å². The molecule has 1 amide bonds. The Labute approximate surface area is 180 Å². The Balaban J connectivity index is 1.33.